The fourth-order valence-electron chi connectivity index (χ4n) is 4.63. The molecule has 0 saturated heterocycles. The SMILES string of the molecule is COc1cncc(-c2cc3c(cn2)CCc2c-3[nH]c(CC3(N)CCC3)c2C(=O)O)c1. The first-order chi connectivity index (χ1) is 14.5. The fourth-order valence-corrected chi connectivity index (χ4v) is 4.63. The van der Waals surface area contributed by atoms with Gasteiger partial charge < -0.3 is 20.6 Å². The first kappa shape index (κ1) is 18.8. The van der Waals surface area contributed by atoms with Crippen LogP contribution in [0.1, 0.15) is 46.4 Å². The molecule has 0 unspecified atom stereocenters. The molecular weight excluding hydrogens is 380 g/mol. The van der Waals surface area contributed by atoms with Crippen molar-refractivity contribution in [2.75, 3.05) is 7.11 Å². The van der Waals surface area contributed by atoms with Crippen LogP contribution in [0.2, 0.25) is 0 Å². The van der Waals surface area contributed by atoms with Crippen LogP contribution in [0.25, 0.3) is 22.5 Å². The van der Waals surface area contributed by atoms with Gasteiger partial charge >= 0.3 is 5.97 Å². The van der Waals surface area contributed by atoms with E-state index in [1.807, 2.05) is 18.3 Å². The van der Waals surface area contributed by atoms with E-state index in [-0.39, 0.29) is 5.54 Å². The van der Waals surface area contributed by atoms with Crippen molar-refractivity contribution in [1.29, 1.82) is 0 Å². The van der Waals surface area contributed by atoms with Crippen LogP contribution in [-0.2, 0) is 19.3 Å². The van der Waals surface area contributed by atoms with E-state index in [1.165, 1.54) is 0 Å². The summed E-state index contributed by atoms with van der Waals surface area (Å²) in [6.45, 7) is 0. The maximum absolute atomic E-state index is 12.1. The highest BCUT2D eigenvalue weighted by molar-refractivity contribution is 5.94. The van der Waals surface area contributed by atoms with Gasteiger partial charge in [-0.25, -0.2) is 4.79 Å². The van der Waals surface area contributed by atoms with Gasteiger partial charge in [-0.2, -0.15) is 0 Å². The number of carboxylic acid groups (broad SMARTS) is 1. The lowest BCUT2D eigenvalue weighted by Crippen LogP contribution is -2.48. The summed E-state index contributed by atoms with van der Waals surface area (Å²) in [5, 5.41) is 9.94. The molecule has 3 aromatic rings. The number of carbonyl (C=O) groups is 1. The molecule has 2 aliphatic carbocycles. The zero-order chi connectivity index (χ0) is 20.9. The number of ether oxygens (including phenoxy) is 1. The van der Waals surface area contributed by atoms with Crippen LogP contribution in [0.15, 0.2) is 30.7 Å². The Morgan fingerprint density at radius 1 is 1.27 bits per heavy atom. The Morgan fingerprint density at radius 3 is 2.80 bits per heavy atom. The fraction of sp³-hybridized carbons (Fsp3) is 0.348. The molecule has 0 atom stereocenters. The standard InChI is InChI=1S/C23H24N4O3/c1-30-15-7-14(10-25-12-15)18-8-17-13(11-26-18)3-4-16-20(22(28)29)19(27-21(16)17)9-23(24)5-2-6-23/h7-8,10-12,27H,2-6,9,24H2,1H3,(H,28,29). The quantitative estimate of drug-likeness (QED) is 0.601. The van der Waals surface area contributed by atoms with Gasteiger partial charge in [0.2, 0.25) is 0 Å². The van der Waals surface area contributed by atoms with Gasteiger partial charge in [-0.3, -0.25) is 9.97 Å². The number of nitrogens with one attached hydrogen (secondary N) is 1. The van der Waals surface area contributed by atoms with Crippen molar-refractivity contribution in [3.8, 4) is 28.3 Å². The summed E-state index contributed by atoms with van der Waals surface area (Å²) in [6, 6.07) is 3.90. The third kappa shape index (κ3) is 3.06. The molecule has 5 rings (SSSR count). The molecule has 7 nitrogen and oxygen atoms in total. The average Bonchev–Trinajstić information content (AvgIpc) is 3.10. The minimum atomic E-state index is -0.889. The summed E-state index contributed by atoms with van der Waals surface area (Å²) in [5.74, 6) is -0.225. The molecule has 1 saturated carbocycles. The Bertz CT molecular complexity index is 1150. The number of pyridine rings is 2. The lowest BCUT2D eigenvalue weighted by molar-refractivity contribution is 0.0694. The van der Waals surface area contributed by atoms with Crippen molar-refractivity contribution < 1.29 is 14.6 Å². The summed E-state index contributed by atoms with van der Waals surface area (Å²) in [5.41, 5.74) is 12.8. The topological polar surface area (TPSA) is 114 Å². The van der Waals surface area contributed by atoms with Gasteiger partial charge in [-0.1, -0.05) is 0 Å². The second-order valence-corrected chi connectivity index (χ2v) is 8.37. The normalized spacial score (nSPS) is 16.3. The largest absolute Gasteiger partial charge is 0.495 e. The van der Waals surface area contributed by atoms with Gasteiger partial charge in [0.25, 0.3) is 0 Å². The van der Waals surface area contributed by atoms with Crippen molar-refractivity contribution >= 4 is 5.97 Å². The predicted molar refractivity (Wildman–Crippen MR) is 113 cm³/mol. The number of fused-ring (bicyclic) bond motifs is 3. The highest BCUT2D eigenvalue weighted by atomic mass is 16.5. The zero-order valence-corrected chi connectivity index (χ0v) is 16.9. The number of aromatic amines is 1. The molecule has 154 valence electrons. The summed E-state index contributed by atoms with van der Waals surface area (Å²) in [4.78, 5) is 24.4. The summed E-state index contributed by atoms with van der Waals surface area (Å²) in [7, 11) is 1.60. The number of nitrogens with two attached hydrogens (primary N) is 1. The smallest absolute Gasteiger partial charge is 0.337 e. The van der Waals surface area contributed by atoms with E-state index < -0.39 is 5.97 Å². The third-order valence-electron chi connectivity index (χ3n) is 6.42. The molecule has 4 N–H and O–H groups in total. The first-order valence-electron chi connectivity index (χ1n) is 10.2. The zero-order valence-electron chi connectivity index (χ0n) is 16.9. The molecule has 0 aliphatic heterocycles. The molecular formula is C23H24N4O3. The highest BCUT2D eigenvalue weighted by Gasteiger charge is 2.36. The molecule has 3 heterocycles. The van der Waals surface area contributed by atoms with E-state index in [4.69, 9.17) is 10.5 Å². The number of hydrogen-bond acceptors (Lipinski definition) is 5. The predicted octanol–water partition coefficient (Wildman–Crippen LogP) is 3.37. The number of hydrogen-bond donors (Lipinski definition) is 3. The second kappa shape index (κ2) is 6.95. The number of carboxylic acids is 1. The highest BCUT2D eigenvalue weighted by Crippen LogP contribution is 2.40. The number of nitrogens with zero attached hydrogens (tertiary/aromatic N) is 2. The van der Waals surface area contributed by atoms with E-state index in [9.17, 15) is 9.90 Å². The van der Waals surface area contributed by atoms with E-state index in [0.717, 1.165) is 65.0 Å². The average molecular weight is 404 g/mol. The van der Waals surface area contributed by atoms with Gasteiger partial charge in [0, 0.05) is 41.2 Å². The summed E-state index contributed by atoms with van der Waals surface area (Å²) >= 11 is 0. The van der Waals surface area contributed by atoms with Crippen LogP contribution in [-0.4, -0.2) is 38.7 Å². The number of methoxy groups -OCH3 is 1. The monoisotopic (exact) mass is 404 g/mol. The van der Waals surface area contributed by atoms with Crippen molar-refractivity contribution in [3.05, 3.63) is 53.1 Å². The van der Waals surface area contributed by atoms with Crippen LogP contribution < -0.4 is 10.5 Å². The summed E-state index contributed by atoms with van der Waals surface area (Å²) in [6.07, 6.45) is 10.3. The minimum Gasteiger partial charge on any atom is -0.495 e. The van der Waals surface area contributed by atoms with E-state index >= 15 is 0 Å². The molecule has 1 fully saturated rings. The Labute approximate surface area is 174 Å². The van der Waals surface area contributed by atoms with Crippen LogP contribution in [0.5, 0.6) is 5.75 Å². The number of aryl methyl sites for hydroxylation is 1. The van der Waals surface area contributed by atoms with Crippen LogP contribution in [0.4, 0.5) is 0 Å². The molecule has 0 spiro atoms. The Hall–Kier alpha value is -3.19. The minimum absolute atomic E-state index is 0.295. The Kier molecular flexibility index (Phi) is 4.36. The number of H-pyrrole nitrogens is 1. The van der Waals surface area contributed by atoms with Gasteiger partial charge in [-0.15, -0.1) is 0 Å². The van der Waals surface area contributed by atoms with Crippen molar-refractivity contribution in [1.82, 2.24) is 15.0 Å². The lowest BCUT2D eigenvalue weighted by atomic mass is 9.74. The van der Waals surface area contributed by atoms with E-state index in [1.54, 1.807) is 19.5 Å². The van der Waals surface area contributed by atoms with E-state index in [2.05, 4.69) is 15.0 Å². The molecule has 0 radical (unpaired) electrons. The molecule has 2 aliphatic rings. The second-order valence-electron chi connectivity index (χ2n) is 8.37. The van der Waals surface area contributed by atoms with Crippen LogP contribution in [0, 0.1) is 0 Å². The molecule has 0 aromatic carbocycles. The van der Waals surface area contributed by atoms with Crippen LogP contribution in [0.3, 0.4) is 0 Å². The molecule has 0 bridgehead atoms. The van der Waals surface area contributed by atoms with Gasteiger partial charge in [0.15, 0.2) is 0 Å². The Morgan fingerprint density at radius 2 is 2.10 bits per heavy atom. The van der Waals surface area contributed by atoms with E-state index in [0.29, 0.717) is 24.2 Å². The maximum Gasteiger partial charge on any atom is 0.337 e. The third-order valence-corrected chi connectivity index (χ3v) is 6.42. The van der Waals surface area contributed by atoms with Crippen LogP contribution >= 0.6 is 0 Å². The molecule has 30 heavy (non-hydrogen) atoms. The number of aromatic nitrogens is 3. The first-order valence-corrected chi connectivity index (χ1v) is 10.2. The molecule has 0 amide bonds. The Balaban J connectivity index is 1.61. The van der Waals surface area contributed by atoms with Gasteiger partial charge in [0.1, 0.15) is 5.75 Å². The lowest BCUT2D eigenvalue weighted by Gasteiger charge is -2.38. The van der Waals surface area contributed by atoms with Gasteiger partial charge in [0.05, 0.1) is 30.3 Å². The maximum atomic E-state index is 12.1. The molecule has 7 heteroatoms. The van der Waals surface area contributed by atoms with Crippen molar-refractivity contribution in [3.63, 3.8) is 0 Å². The van der Waals surface area contributed by atoms with Crippen molar-refractivity contribution in [2.24, 2.45) is 5.73 Å². The molecule has 3 aromatic heterocycles. The number of rotatable bonds is 5. The van der Waals surface area contributed by atoms with Crippen molar-refractivity contribution in [2.45, 2.75) is 44.1 Å². The van der Waals surface area contributed by atoms with Gasteiger partial charge in [-0.05, 0) is 55.4 Å². The number of aromatic carboxylic acids is 1. The summed E-state index contributed by atoms with van der Waals surface area (Å²) < 4.78 is 5.28.